The third-order valence-electron chi connectivity index (χ3n) is 2.76. The first-order valence-electron chi connectivity index (χ1n) is 5.55. The number of carboxylic acids is 1. The van der Waals surface area contributed by atoms with Gasteiger partial charge >= 0.3 is 5.97 Å². The van der Waals surface area contributed by atoms with Gasteiger partial charge in [-0.15, -0.1) is 11.8 Å². The lowest BCUT2D eigenvalue weighted by molar-refractivity contribution is -0.139. The zero-order chi connectivity index (χ0) is 13.1. The number of nitrogens with two attached hydrogens (primary N) is 1. The van der Waals surface area contributed by atoms with E-state index in [-0.39, 0.29) is 5.25 Å². The van der Waals surface area contributed by atoms with Crippen molar-refractivity contribution >= 4 is 17.7 Å². The molecule has 17 heavy (non-hydrogen) atoms. The molecule has 0 bridgehead atoms. The van der Waals surface area contributed by atoms with Gasteiger partial charge in [-0.05, 0) is 26.3 Å². The van der Waals surface area contributed by atoms with Gasteiger partial charge in [-0.25, -0.2) is 0 Å². The molecule has 0 radical (unpaired) electrons. The largest absolute Gasteiger partial charge is 0.480 e. The van der Waals surface area contributed by atoms with Crippen LogP contribution >= 0.6 is 11.8 Å². The summed E-state index contributed by atoms with van der Waals surface area (Å²) in [6, 6.07) is 9.15. The van der Waals surface area contributed by atoms with Crippen molar-refractivity contribution < 1.29 is 9.90 Å². The number of carbonyl (C=O) groups is 1. The summed E-state index contributed by atoms with van der Waals surface area (Å²) in [5.74, 6) is -0.956. The predicted octanol–water partition coefficient (Wildman–Crippen LogP) is 2.67. The van der Waals surface area contributed by atoms with Crippen LogP contribution in [-0.2, 0) is 4.79 Å². The van der Waals surface area contributed by atoms with Crippen molar-refractivity contribution in [3.8, 4) is 0 Å². The van der Waals surface area contributed by atoms with Crippen LogP contribution in [0.3, 0.4) is 0 Å². The van der Waals surface area contributed by atoms with Crippen LogP contribution in [0.5, 0.6) is 0 Å². The zero-order valence-corrected chi connectivity index (χ0v) is 11.2. The molecule has 4 heteroatoms. The first kappa shape index (κ1) is 14.1. The summed E-state index contributed by atoms with van der Waals surface area (Å²) >= 11 is 1.59. The predicted molar refractivity (Wildman–Crippen MR) is 72.1 cm³/mol. The smallest absolute Gasteiger partial charge is 0.321 e. The fourth-order valence-corrected chi connectivity index (χ4v) is 3.07. The summed E-state index contributed by atoms with van der Waals surface area (Å²) in [6.45, 7) is 5.81. The molecule has 0 aliphatic rings. The second-order valence-electron chi connectivity index (χ2n) is 4.59. The van der Waals surface area contributed by atoms with E-state index < -0.39 is 16.8 Å². The van der Waals surface area contributed by atoms with Gasteiger partial charge < -0.3 is 10.8 Å². The molecule has 0 fully saturated rings. The Morgan fingerprint density at radius 1 is 1.35 bits per heavy atom. The molecule has 1 aromatic carbocycles. The van der Waals surface area contributed by atoms with E-state index in [0.29, 0.717) is 0 Å². The molecular weight excluding hydrogens is 234 g/mol. The van der Waals surface area contributed by atoms with Crippen LogP contribution in [0, 0.1) is 0 Å². The van der Waals surface area contributed by atoms with Crippen LogP contribution in [0.4, 0.5) is 0 Å². The molecule has 1 aromatic rings. The molecule has 3 nitrogen and oxygen atoms in total. The SMILES string of the molecule is CC(SC(C)(C)[C@@H](N)C(=O)O)c1ccccc1. The molecule has 3 N–H and O–H groups in total. The van der Waals surface area contributed by atoms with E-state index in [1.807, 2.05) is 44.2 Å². The summed E-state index contributed by atoms with van der Waals surface area (Å²) in [6.07, 6.45) is 0. The Bertz CT molecular complexity index is 378. The standard InChI is InChI=1S/C13H19NO2S/c1-9(10-7-5-4-6-8-10)17-13(2,3)11(14)12(15)16/h4-9,11H,14H2,1-3H3,(H,15,16)/t9?,11-/m0/s1. The van der Waals surface area contributed by atoms with Crippen molar-refractivity contribution in [2.75, 3.05) is 0 Å². The van der Waals surface area contributed by atoms with E-state index in [2.05, 4.69) is 6.92 Å². The summed E-state index contributed by atoms with van der Waals surface area (Å²) in [4.78, 5) is 10.9. The number of hydrogen-bond donors (Lipinski definition) is 2. The molecular formula is C13H19NO2S. The summed E-state index contributed by atoms with van der Waals surface area (Å²) in [5, 5.41) is 9.18. The van der Waals surface area contributed by atoms with Crippen LogP contribution in [0.15, 0.2) is 30.3 Å². The number of benzene rings is 1. The first-order chi connectivity index (χ1) is 7.84. The van der Waals surface area contributed by atoms with Crippen molar-refractivity contribution in [1.29, 1.82) is 0 Å². The van der Waals surface area contributed by atoms with E-state index >= 15 is 0 Å². The van der Waals surface area contributed by atoms with E-state index in [9.17, 15) is 4.79 Å². The Morgan fingerprint density at radius 3 is 2.35 bits per heavy atom. The molecule has 0 aromatic heterocycles. The van der Waals surface area contributed by atoms with Gasteiger partial charge in [-0.2, -0.15) is 0 Å². The van der Waals surface area contributed by atoms with Crippen molar-refractivity contribution in [3.05, 3.63) is 35.9 Å². The lowest BCUT2D eigenvalue weighted by atomic mass is 10.1. The van der Waals surface area contributed by atoms with Gasteiger partial charge in [0, 0.05) is 10.00 Å². The van der Waals surface area contributed by atoms with Crippen molar-refractivity contribution in [1.82, 2.24) is 0 Å². The van der Waals surface area contributed by atoms with Gasteiger partial charge in [0.25, 0.3) is 0 Å². The number of hydrogen-bond acceptors (Lipinski definition) is 3. The van der Waals surface area contributed by atoms with Gasteiger partial charge in [-0.3, -0.25) is 4.79 Å². The van der Waals surface area contributed by atoms with Crippen molar-refractivity contribution in [3.63, 3.8) is 0 Å². The lowest BCUT2D eigenvalue weighted by Crippen LogP contribution is -2.47. The van der Waals surface area contributed by atoms with Gasteiger partial charge in [-0.1, -0.05) is 30.3 Å². The van der Waals surface area contributed by atoms with E-state index in [1.165, 1.54) is 5.56 Å². The van der Waals surface area contributed by atoms with Crippen LogP contribution in [0.25, 0.3) is 0 Å². The maximum absolute atomic E-state index is 10.9. The normalized spacial score (nSPS) is 15.3. The van der Waals surface area contributed by atoms with E-state index in [0.717, 1.165) is 0 Å². The van der Waals surface area contributed by atoms with Crippen LogP contribution in [0.2, 0.25) is 0 Å². The fourth-order valence-electron chi connectivity index (χ4n) is 1.62. The maximum atomic E-state index is 10.9. The molecule has 0 amide bonds. The summed E-state index contributed by atoms with van der Waals surface area (Å²) in [7, 11) is 0. The topological polar surface area (TPSA) is 63.3 Å². The Morgan fingerprint density at radius 2 is 1.88 bits per heavy atom. The number of rotatable bonds is 5. The second-order valence-corrected chi connectivity index (χ2v) is 6.59. The summed E-state index contributed by atoms with van der Waals surface area (Å²) in [5.41, 5.74) is 6.88. The minimum absolute atomic E-state index is 0.219. The minimum atomic E-state index is -0.956. The highest BCUT2D eigenvalue weighted by molar-refractivity contribution is 8.00. The van der Waals surface area contributed by atoms with Gasteiger partial charge in [0.05, 0.1) is 0 Å². The highest BCUT2D eigenvalue weighted by Gasteiger charge is 2.34. The quantitative estimate of drug-likeness (QED) is 0.847. The van der Waals surface area contributed by atoms with Crippen LogP contribution in [-0.4, -0.2) is 21.9 Å². The Kier molecular flexibility index (Phi) is 4.60. The Labute approximate surface area is 106 Å². The molecule has 1 unspecified atom stereocenters. The second kappa shape index (κ2) is 5.56. The maximum Gasteiger partial charge on any atom is 0.321 e. The Hall–Kier alpha value is -1.00. The van der Waals surface area contributed by atoms with Crippen molar-refractivity contribution in [2.24, 2.45) is 5.73 Å². The molecule has 94 valence electrons. The Balaban J connectivity index is 2.74. The van der Waals surface area contributed by atoms with Gasteiger partial charge in [0.1, 0.15) is 6.04 Å². The molecule has 0 saturated carbocycles. The van der Waals surface area contributed by atoms with E-state index in [4.69, 9.17) is 10.8 Å². The molecule has 1 rings (SSSR count). The number of carboxylic acid groups (broad SMARTS) is 1. The zero-order valence-electron chi connectivity index (χ0n) is 10.4. The lowest BCUT2D eigenvalue weighted by Gasteiger charge is -2.31. The fraction of sp³-hybridized carbons (Fsp3) is 0.462. The monoisotopic (exact) mass is 253 g/mol. The first-order valence-corrected chi connectivity index (χ1v) is 6.43. The minimum Gasteiger partial charge on any atom is -0.480 e. The molecule has 0 saturated heterocycles. The molecule has 0 aliphatic carbocycles. The number of thioether (sulfide) groups is 1. The van der Waals surface area contributed by atoms with E-state index in [1.54, 1.807) is 11.8 Å². The van der Waals surface area contributed by atoms with Crippen LogP contribution in [0.1, 0.15) is 31.6 Å². The summed E-state index contributed by atoms with van der Waals surface area (Å²) < 4.78 is -0.499. The molecule has 0 heterocycles. The van der Waals surface area contributed by atoms with Gasteiger partial charge in [0.2, 0.25) is 0 Å². The van der Waals surface area contributed by atoms with Gasteiger partial charge in [0.15, 0.2) is 0 Å². The van der Waals surface area contributed by atoms with Crippen molar-refractivity contribution in [2.45, 2.75) is 36.8 Å². The molecule has 2 atom stereocenters. The number of aliphatic carboxylic acids is 1. The third kappa shape index (κ3) is 3.75. The molecule has 0 aliphatic heterocycles. The highest BCUT2D eigenvalue weighted by atomic mass is 32.2. The average Bonchev–Trinajstić information content (AvgIpc) is 2.28. The highest BCUT2D eigenvalue weighted by Crippen LogP contribution is 2.39. The molecule has 0 spiro atoms. The van der Waals surface area contributed by atoms with Crippen LogP contribution < -0.4 is 5.73 Å². The average molecular weight is 253 g/mol. The third-order valence-corrected chi connectivity index (χ3v) is 4.25.